The maximum atomic E-state index is 11.3. The van der Waals surface area contributed by atoms with Crippen molar-refractivity contribution in [3.8, 4) is 0 Å². The topological polar surface area (TPSA) is 95.5 Å². The summed E-state index contributed by atoms with van der Waals surface area (Å²) < 4.78 is 24.2. The lowest BCUT2D eigenvalue weighted by Gasteiger charge is -2.12. The van der Waals surface area contributed by atoms with Gasteiger partial charge in [-0.25, -0.2) is 17.9 Å². The van der Waals surface area contributed by atoms with Crippen molar-refractivity contribution in [3.05, 3.63) is 23.8 Å². The number of hydrogen-bond donors (Lipinski definition) is 3. The molecule has 1 aromatic carbocycles. The number of nitrogens with one attached hydrogen (secondary N) is 2. The average Bonchev–Trinajstić information content (AvgIpc) is 2.33. The molecule has 0 aliphatic rings. The molecule has 0 unspecified atom stereocenters. The molecule has 0 saturated heterocycles. The minimum Gasteiger partial charge on any atom is -0.478 e. The summed E-state index contributed by atoms with van der Waals surface area (Å²) >= 11 is 1.46. The number of aromatic carboxylic acids is 1. The van der Waals surface area contributed by atoms with Crippen molar-refractivity contribution < 1.29 is 18.3 Å². The molecular formula is C12H18N2O4S2. The van der Waals surface area contributed by atoms with Crippen molar-refractivity contribution >= 4 is 33.4 Å². The molecule has 0 bridgehead atoms. The normalized spacial score (nSPS) is 11.3. The Balaban J connectivity index is 2.79. The van der Waals surface area contributed by atoms with Crippen LogP contribution in [0.3, 0.4) is 0 Å². The molecule has 0 atom stereocenters. The summed E-state index contributed by atoms with van der Waals surface area (Å²) in [5, 5.41) is 12.2. The number of hydrogen-bond acceptors (Lipinski definition) is 5. The minimum absolute atomic E-state index is 0.197. The van der Waals surface area contributed by atoms with Gasteiger partial charge in [-0.15, -0.1) is 11.8 Å². The molecule has 0 aliphatic carbocycles. The van der Waals surface area contributed by atoms with E-state index >= 15 is 0 Å². The Morgan fingerprint density at radius 2 is 2.05 bits per heavy atom. The summed E-state index contributed by atoms with van der Waals surface area (Å²) in [7, 11) is -3.23. The van der Waals surface area contributed by atoms with Crippen LogP contribution in [0.4, 0.5) is 5.69 Å². The standard InChI is InChI=1S/C12H18N2O4S2/c1-3-19-10-6-4-5-9(11(10)12(15)16)13-7-8-14-20(2,17)18/h4-6,13-14H,3,7-8H2,1-2H3,(H,15,16). The molecule has 0 radical (unpaired) electrons. The van der Waals surface area contributed by atoms with E-state index in [1.54, 1.807) is 18.2 Å². The van der Waals surface area contributed by atoms with E-state index in [0.717, 1.165) is 12.0 Å². The Labute approximate surface area is 123 Å². The van der Waals surface area contributed by atoms with Gasteiger partial charge in [0, 0.05) is 23.7 Å². The first-order valence-electron chi connectivity index (χ1n) is 6.02. The van der Waals surface area contributed by atoms with Crippen LogP contribution in [-0.4, -0.2) is 44.6 Å². The summed E-state index contributed by atoms with van der Waals surface area (Å²) in [5.74, 6) is -0.223. The monoisotopic (exact) mass is 318 g/mol. The predicted molar refractivity (Wildman–Crippen MR) is 81.1 cm³/mol. The Hall–Kier alpha value is -1.25. The van der Waals surface area contributed by atoms with Crippen LogP contribution in [0.25, 0.3) is 0 Å². The molecule has 0 amide bonds. The van der Waals surface area contributed by atoms with Crippen LogP contribution in [0.2, 0.25) is 0 Å². The second-order valence-corrected chi connectivity index (χ2v) is 7.15. The number of benzene rings is 1. The van der Waals surface area contributed by atoms with Crippen molar-refractivity contribution in [1.29, 1.82) is 0 Å². The maximum Gasteiger partial charge on any atom is 0.338 e. The van der Waals surface area contributed by atoms with Gasteiger partial charge in [0.1, 0.15) is 0 Å². The Kier molecular flexibility index (Phi) is 6.31. The van der Waals surface area contributed by atoms with Crippen LogP contribution in [0.5, 0.6) is 0 Å². The number of thioether (sulfide) groups is 1. The van der Waals surface area contributed by atoms with Crippen LogP contribution in [0.15, 0.2) is 23.1 Å². The van der Waals surface area contributed by atoms with Crippen LogP contribution >= 0.6 is 11.8 Å². The van der Waals surface area contributed by atoms with E-state index in [1.807, 2.05) is 6.92 Å². The first-order chi connectivity index (χ1) is 9.35. The molecule has 1 aromatic rings. The first kappa shape index (κ1) is 16.8. The highest BCUT2D eigenvalue weighted by Gasteiger charge is 2.15. The average molecular weight is 318 g/mol. The van der Waals surface area contributed by atoms with Crippen molar-refractivity contribution in [3.63, 3.8) is 0 Å². The van der Waals surface area contributed by atoms with Gasteiger partial charge >= 0.3 is 5.97 Å². The van der Waals surface area contributed by atoms with Gasteiger partial charge in [-0.05, 0) is 17.9 Å². The number of rotatable bonds is 8. The lowest BCUT2D eigenvalue weighted by atomic mass is 10.2. The SMILES string of the molecule is CCSc1cccc(NCCNS(C)(=O)=O)c1C(=O)O. The zero-order valence-electron chi connectivity index (χ0n) is 11.3. The number of carboxylic acid groups (broad SMARTS) is 1. The highest BCUT2D eigenvalue weighted by atomic mass is 32.2. The number of carbonyl (C=O) groups is 1. The number of sulfonamides is 1. The largest absolute Gasteiger partial charge is 0.478 e. The van der Waals surface area contributed by atoms with E-state index in [4.69, 9.17) is 0 Å². The Bertz CT molecular complexity index is 573. The van der Waals surface area contributed by atoms with Gasteiger partial charge in [0.05, 0.1) is 11.8 Å². The van der Waals surface area contributed by atoms with Gasteiger partial charge in [-0.1, -0.05) is 13.0 Å². The van der Waals surface area contributed by atoms with Gasteiger partial charge in [0.15, 0.2) is 0 Å². The van der Waals surface area contributed by atoms with Gasteiger partial charge in [0.25, 0.3) is 0 Å². The van der Waals surface area contributed by atoms with E-state index in [-0.39, 0.29) is 12.1 Å². The van der Waals surface area contributed by atoms with Crippen LogP contribution < -0.4 is 10.0 Å². The van der Waals surface area contributed by atoms with E-state index in [0.29, 0.717) is 17.1 Å². The molecule has 0 saturated carbocycles. The first-order valence-corrected chi connectivity index (χ1v) is 8.90. The fourth-order valence-corrected chi connectivity index (χ4v) is 2.91. The summed E-state index contributed by atoms with van der Waals surface area (Å²) in [5.41, 5.74) is 0.713. The van der Waals surface area contributed by atoms with E-state index in [1.165, 1.54) is 11.8 Å². The number of carboxylic acids is 1. The van der Waals surface area contributed by atoms with Crippen molar-refractivity contribution in [2.75, 3.05) is 30.4 Å². The molecule has 0 heterocycles. The van der Waals surface area contributed by atoms with Gasteiger partial charge in [-0.2, -0.15) is 0 Å². The van der Waals surface area contributed by atoms with Crippen LogP contribution in [0.1, 0.15) is 17.3 Å². The second-order valence-electron chi connectivity index (χ2n) is 4.01. The van der Waals surface area contributed by atoms with E-state index in [9.17, 15) is 18.3 Å². The predicted octanol–water partition coefficient (Wildman–Crippen LogP) is 1.46. The zero-order chi connectivity index (χ0) is 15.2. The third-order valence-electron chi connectivity index (χ3n) is 2.34. The van der Waals surface area contributed by atoms with Crippen molar-refractivity contribution in [1.82, 2.24) is 4.72 Å². The Morgan fingerprint density at radius 1 is 1.35 bits per heavy atom. The molecule has 0 aromatic heterocycles. The van der Waals surface area contributed by atoms with Crippen LogP contribution in [-0.2, 0) is 10.0 Å². The lowest BCUT2D eigenvalue weighted by Crippen LogP contribution is -2.28. The van der Waals surface area contributed by atoms with Crippen LogP contribution in [0, 0.1) is 0 Å². The lowest BCUT2D eigenvalue weighted by molar-refractivity contribution is 0.0694. The van der Waals surface area contributed by atoms with Gasteiger partial charge in [0.2, 0.25) is 10.0 Å². The molecule has 8 heteroatoms. The fourth-order valence-electron chi connectivity index (χ4n) is 1.61. The van der Waals surface area contributed by atoms with Crippen molar-refractivity contribution in [2.45, 2.75) is 11.8 Å². The van der Waals surface area contributed by atoms with Crippen molar-refractivity contribution in [2.24, 2.45) is 0 Å². The molecule has 3 N–H and O–H groups in total. The molecule has 112 valence electrons. The smallest absolute Gasteiger partial charge is 0.338 e. The molecule has 0 spiro atoms. The molecule has 0 fully saturated rings. The molecular weight excluding hydrogens is 300 g/mol. The summed E-state index contributed by atoms with van der Waals surface area (Å²) in [6, 6.07) is 5.21. The second kappa shape index (κ2) is 7.51. The highest BCUT2D eigenvalue weighted by molar-refractivity contribution is 7.99. The third kappa shape index (κ3) is 5.40. The molecule has 1 rings (SSSR count). The summed E-state index contributed by atoms with van der Waals surface area (Å²) in [6.45, 7) is 2.46. The van der Waals surface area contributed by atoms with E-state index < -0.39 is 16.0 Å². The fraction of sp³-hybridized carbons (Fsp3) is 0.417. The quantitative estimate of drug-likeness (QED) is 0.496. The molecule has 6 nitrogen and oxygen atoms in total. The van der Waals surface area contributed by atoms with E-state index in [2.05, 4.69) is 10.0 Å². The molecule has 0 aliphatic heterocycles. The Morgan fingerprint density at radius 3 is 2.60 bits per heavy atom. The third-order valence-corrected chi connectivity index (χ3v) is 4.01. The van der Waals surface area contributed by atoms with Gasteiger partial charge in [-0.3, -0.25) is 0 Å². The minimum atomic E-state index is -3.23. The maximum absolute atomic E-state index is 11.3. The van der Waals surface area contributed by atoms with Gasteiger partial charge < -0.3 is 10.4 Å². The number of anilines is 1. The summed E-state index contributed by atoms with van der Waals surface area (Å²) in [6.07, 6.45) is 1.08. The highest BCUT2D eigenvalue weighted by Crippen LogP contribution is 2.28. The molecule has 20 heavy (non-hydrogen) atoms. The summed E-state index contributed by atoms with van der Waals surface area (Å²) in [4.78, 5) is 12.0. The zero-order valence-corrected chi connectivity index (χ0v) is 13.0.